The van der Waals surface area contributed by atoms with Crippen LogP contribution in [-0.2, 0) is 0 Å². The van der Waals surface area contributed by atoms with E-state index in [0.717, 1.165) is 16.2 Å². The number of rotatable bonds is 3. The van der Waals surface area contributed by atoms with Gasteiger partial charge in [0.1, 0.15) is 5.75 Å². The maximum absolute atomic E-state index is 5.51. The Hall–Kier alpha value is -1.58. The first kappa shape index (κ1) is 12.9. The number of para-hydroxylation sites is 1. The molecule has 0 fully saturated rings. The third-order valence-corrected chi connectivity index (χ3v) is 2.87. The van der Waals surface area contributed by atoms with Gasteiger partial charge in [0, 0.05) is 11.0 Å². The van der Waals surface area contributed by atoms with Crippen molar-refractivity contribution in [3.8, 4) is 5.75 Å². The molecule has 0 atom stereocenters. The van der Waals surface area contributed by atoms with E-state index in [0.29, 0.717) is 5.05 Å². The molecule has 0 unspecified atom stereocenters. The molecule has 0 radical (unpaired) electrons. The Labute approximate surface area is 118 Å². The van der Waals surface area contributed by atoms with Crippen LogP contribution in [0, 0.1) is 0 Å². The monoisotopic (exact) mass is 272 g/mol. The van der Waals surface area contributed by atoms with Crippen molar-refractivity contribution in [2.45, 2.75) is 0 Å². The normalized spacial score (nSPS) is 11.1. The topological polar surface area (TPSA) is 9.23 Å². The van der Waals surface area contributed by atoms with Crippen molar-refractivity contribution in [3.63, 3.8) is 0 Å². The van der Waals surface area contributed by atoms with Crippen molar-refractivity contribution in [3.05, 3.63) is 72.3 Å². The van der Waals surface area contributed by atoms with Crippen molar-refractivity contribution in [1.82, 2.24) is 0 Å². The molecule has 1 nitrogen and oxygen atoms in total. The summed E-state index contributed by atoms with van der Waals surface area (Å²) in [6, 6.07) is 19.3. The molecule has 2 rings (SSSR count). The zero-order valence-corrected chi connectivity index (χ0v) is 11.3. The Kier molecular flexibility index (Phi) is 4.56. The maximum Gasteiger partial charge on any atom is 0.191 e. The summed E-state index contributed by atoms with van der Waals surface area (Å²) in [7, 11) is 0. The van der Waals surface area contributed by atoms with Crippen molar-refractivity contribution >= 4 is 34.8 Å². The number of hydrogen-bond donors (Lipinski definition) is 1. The molecule has 3 heteroatoms. The fraction of sp³-hybridized carbons (Fsp3) is 0. The Morgan fingerprint density at radius 2 is 1.50 bits per heavy atom. The van der Waals surface area contributed by atoms with Crippen molar-refractivity contribution < 1.29 is 4.74 Å². The van der Waals surface area contributed by atoms with Gasteiger partial charge < -0.3 is 4.74 Å². The lowest BCUT2D eigenvalue weighted by atomic mass is 10.2. The van der Waals surface area contributed by atoms with Crippen LogP contribution in [0.15, 0.2) is 66.7 Å². The van der Waals surface area contributed by atoms with Gasteiger partial charge in [-0.1, -0.05) is 48.5 Å². The highest BCUT2D eigenvalue weighted by molar-refractivity contribution is 7.90. The van der Waals surface area contributed by atoms with Gasteiger partial charge in [0.05, 0.1) is 0 Å². The lowest BCUT2D eigenvalue weighted by Crippen LogP contribution is -2.01. The number of thiol groups is 1. The van der Waals surface area contributed by atoms with Gasteiger partial charge in [-0.05, 0) is 29.9 Å². The lowest BCUT2D eigenvalue weighted by molar-refractivity contribution is 0.569. The van der Waals surface area contributed by atoms with Crippen LogP contribution in [0.1, 0.15) is 5.56 Å². The first-order valence-corrected chi connectivity index (χ1v) is 6.34. The fourth-order valence-corrected chi connectivity index (χ4v) is 2.01. The molecule has 0 aliphatic rings. The molecule has 90 valence electrons. The van der Waals surface area contributed by atoms with Crippen LogP contribution in [0.3, 0.4) is 0 Å². The third kappa shape index (κ3) is 3.72. The molecule has 0 aliphatic heterocycles. The molecule has 0 heterocycles. The molecular weight excluding hydrogens is 260 g/mol. The Bertz CT molecular complexity index is 547. The summed E-state index contributed by atoms with van der Waals surface area (Å²) in [6.07, 6.45) is 1.74. The predicted octanol–water partition coefficient (Wildman–Crippen LogP) is 4.36. The first-order chi connectivity index (χ1) is 8.75. The van der Waals surface area contributed by atoms with E-state index >= 15 is 0 Å². The van der Waals surface area contributed by atoms with E-state index in [1.54, 1.807) is 6.08 Å². The number of benzene rings is 2. The number of thiocarbonyl (C=S) groups is 1. The van der Waals surface area contributed by atoms with Crippen LogP contribution in [0.25, 0.3) is 4.91 Å². The Balaban J connectivity index is 2.07. The molecule has 0 aliphatic carbocycles. The summed E-state index contributed by atoms with van der Waals surface area (Å²) in [5.41, 5.74) is 1.01. The molecule has 0 saturated carbocycles. The van der Waals surface area contributed by atoms with E-state index in [4.69, 9.17) is 17.0 Å². The molecule has 2 aromatic rings. The highest BCUT2D eigenvalue weighted by Crippen LogP contribution is 2.18. The third-order valence-electron chi connectivity index (χ3n) is 2.29. The van der Waals surface area contributed by atoms with E-state index in [1.807, 2.05) is 60.7 Å². The molecule has 0 N–H and O–H groups in total. The molecule has 0 bridgehead atoms. The van der Waals surface area contributed by atoms with Crippen LogP contribution in [0.4, 0.5) is 0 Å². The van der Waals surface area contributed by atoms with Crippen LogP contribution in [0.2, 0.25) is 0 Å². The van der Waals surface area contributed by atoms with E-state index in [1.165, 1.54) is 0 Å². The average Bonchev–Trinajstić information content (AvgIpc) is 2.40. The van der Waals surface area contributed by atoms with E-state index in [-0.39, 0.29) is 0 Å². The fourth-order valence-electron chi connectivity index (χ4n) is 1.44. The minimum Gasteiger partial charge on any atom is -0.446 e. The minimum absolute atomic E-state index is 0.398. The molecule has 0 spiro atoms. The standard InChI is InChI=1S/C15H12OS2/c17-14(12-7-3-1-4-8-12)11-15(18)16-13-9-5-2-6-10-13/h1-11,17H. The van der Waals surface area contributed by atoms with Crippen LogP contribution < -0.4 is 4.74 Å². The molecule has 0 aromatic heterocycles. The molecule has 0 saturated heterocycles. The second-order valence-electron chi connectivity index (χ2n) is 3.63. The summed E-state index contributed by atoms with van der Waals surface area (Å²) >= 11 is 9.58. The highest BCUT2D eigenvalue weighted by Gasteiger charge is 2.00. The summed E-state index contributed by atoms with van der Waals surface area (Å²) in [5, 5.41) is 0.398. The Morgan fingerprint density at radius 3 is 2.11 bits per heavy atom. The SMILES string of the molecule is S=C(C=C(S)c1ccccc1)Oc1ccccc1. The van der Waals surface area contributed by atoms with Gasteiger partial charge in [-0.3, -0.25) is 0 Å². The van der Waals surface area contributed by atoms with E-state index in [9.17, 15) is 0 Å². The number of ether oxygens (including phenoxy) is 1. The van der Waals surface area contributed by atoms with Gasteiger partial charge in [-0.15, -0.1) is 12.6 Å². The average molecular weight is 272 g/mol. The molecular formula is C15H12OS2. The van der Waals surface area contributed by atoms with Crippen LogP contribution >= 0.6 is 24.8 Å². The van der Waals surface area contributed by atoms with Gasteiger partial charge in [0.15, 0.2) is 5.05 Å². The van der Waals surface area contributed by atoms with Crippen molar-refractivity contribution in [2.75, 3.05) is 0 Å². The lowest BCUT2D eigenvalue weighted by Gasteiger charge is -2.04. The number of hydrogen-bond acceptors (Lipinski definition) is 3. The van der Waals surface area contributed by atoms with Crippen LogP contribution in [-0.4, -0.2) is 5.05 Å². The highest BCUT2D eigenvalue weighted by atomic mass is 32.1. The molecule has 2 aromatic carbocycles. The summed E-state index contributed by atoms with van der Waals surface area (Å²) < 4.78 is 5.51. The quantitative estimate of drug-likeness (QED) is 0.505. The van der Waals surface area contributed by atoms with E-state index < -0.39 is 0 Å². The molecule has 18 heavy (non-hydrogen) atoms. The summed E-state index contributed by atoms with van der Waals surface area (Å²) in [4.78, 5) is 0.788. The Morgan fingerprint density at radius 1 is 0.944 bits per heavy atom. The van der Waals surface area contributed by atoms with Gasteiger partial charge in [-0.2, -0.15) is 0 Å². The zero-order chi connectivity index (χ0) is 12.8. The van der Waals surface area contributed by atoms with Crippen molar-refractivity contribution in [2.24, 2.45) is 0 Å². The minimum atomic E-state index is 0.398. The zero-order valence-electron chi connectivity index (χ0n) is 9.61. The second-order valence-corrected chi connectivity index (χ2v) is 4.51. The van der Waals surface area contributed by atoms with Gasteiger partial charge in [-0.25, -0.2) is 0 Å². The maximum atomic E-state index is 5.51. The molecule has 0 amide bonds. The first-order valence-electron chi connectivity index (χ1n) is 5.48. The largest absolute Gasteiger partial charge is 0.446 e. The van der Waals surface area contributed by atoms with Gasteiger partial charge in [0.2, 0.25) is 0 Å². The summed E-state index contributed by atoms with van der Waals surface area (Å²) in [6.45, 7) is 0. The van der Waals surface area contributed by atoms with E-state index in [2.05, 4.69) is 12.6 Å². The predicted molar refractivity (Wildman–Crippen MR) is 83.1 cm³/mol. The smallest absolute Gasteiger partial charge is 0.191 e. The van der Waals surface area contributed by atoms with Gasteiger partial charge in [0.25, 0.3) is 0 Å². The van der Waals surface area contributed by atoms with Crippen molar-refractivity contribution in [1.29, 1.82) is 0 Å². The summed E-state index contributed by atoms with van der Waals surface area (Å²) in [5.74, 6) is 0.730. The van der Waals surface area contributed by atoms with Crippen LogP contribution in [0.5, 0.6) is 5.75 Å². The van der Waals surface area contributed by atoms with Gasteiger partial charge >= 0.3 is 0 Å². The second kappa shape index (κ2) is 6.38.